The number of thioether (sulfide) groups is 1. The van der Waals surface area contributed by atoms with E-state index >= 15 is 0 Å². The monoisotopic (exact) mass is 381 g/mol. The fourth-order valence-electron chi connectivity index (χ4n) is 3.54. The summed E-state index contributed by atoms with van der Waals surface area (Å²) in [6.45, 7) is 4.74. The summed E-state index contributed by atoms with van der Waals surface area (Å²) < 4.78 is 5.60. The van der Waals surface area contributed by atoms with Gasteiger partial charge in [-0.25, -0.2) is 4.89 Å². The Kier molecular flexibility index (Phi) is 7.93. The van der Waals surface area contributed by atoms with E-state index in [1.54, 1.807) is 0 Å². The Hall–Kier alpha value is 0.0300. The smallest absolute Gasteiger partial charge is 0.132 e. The van der Waals surface area contributed by atoms with Gasteiger partial charge in [0.1, 0.15) is 29.9 Å². The molecule has 2 rings (SSSR count). The summed E-state index contributed by atoms with van der Waals surface area (Å²) in [5, 5.41) is 51.3. The minimum atomic E-state index is -1.33. The highest BCUT2D eigenvalue weighted by molar-refractivity contribution is 8.00. The minimum absolute atomic E-state index is 0.0991. The van der Waals surface area contributed by atoms with Gasteiger partial charge in [-0.3, -0.25) is 5.26 Å². The fraction of sp³-hybridized carbons (Fsp3) is 1.00. The first-order valence-electron chi connectivity index (χ1n) is 8.76. The van der Waals surface area contributed by atoms with Crippen LogP contribution < -0.4 is 5.32 Å². The van der Waals surface area contributed by atoms with E-state index in [1.807, 2.05) is 0 Å². The van der Waals surface area contributed by atoms with Crippen molar-refractivity contribution in [1.82, 2.24) is 5.32 Å². The van der Waals surface area contributed by atoms with Crippen LogP contribution in [0.1, 0.15) is 33.1 Å². The predicted molar refractivity (Wildman–Crippen MR) is 93.1 cm³/mol. The highest BCUT2D eigenvalue weighted by Crippen LogP contribution is 2.42. The average Bonchev–Trinajstić information content (AvgIpc) is 2.58. The van der Waals surface area contributed by atoms with Crippen LogP contribution in [0.25, 0.3) is 0 Å². The van der Waals surface area contributed by atoms with Crippen molar-refractivity contribution in [3.05, 3.63) is 0 Å². The van der Waals surface area contributed by atoms with Gasteiger partial charge in [-0.05, 0) is 24.7 Å². The van der Waals surface area contributed by atoms with Gasteiger partial charge < -0.3 is 30.5 Å². The Labute approximate surface area is 152 Å². The summed E-state index contributed by atoms with van der Waals surface area (Å²) in [4.78, 5) is 4.11. The highest BCUT2D eigenvalue weighted by atomic mass is 32.2. The normalized spacial score (nSPS) is 41.6. The Bertz CT molecular complexity index is 412. The minimum Gasteiger partial charge on any atom is -0.394 e. The van der Waals surface area contributed by atoms with Crippen molar-refractivity contribution in [3.63, 3.8) is 0 Å². The molecule has 1 aliphatic heterocycles. The van der Waals surface area contributed by atoms with Crippen LogP contribution in [0.2, 0.25) is 0 Å². The van der Waals surface area contributed by atoms with Gasteiger partial charge in [-0.2, -0.15) is 0 Å². The van der Waals surface area contributed by atoms with Gasteiger partial charge in [-0.15, -0.1) is 11.8 Å². The number of hydrogen-bond acceptors (Lipinski definition) is 9. The average molecular weight is 381 g/mol. The van der Waals surface area contributed by atoms with Crippen LogP contribution in [0.3, 0.4) is 0 Å². The molecule has 25 heavy (non-hydrogen) atoms. The van der Waals surface area contributed by atoms with Gasteiger partial charge in [0, 0.05) is 17.8 Å². The van der Waals surface area contributed by atoms with Gasteiger partial charge >= 0.3 is 0 Å². The quantitative estimate of drug-likeness (QED) is 0.197. The second-order valence-electron chi connectivity index (χ2n) is 7.56. The van der Waals surface area contributed by atoms with Crippen molar-refractivity contribution in [1.29, 1.82) is 0 Å². The summed E-state index contributed by atoms with van der Waals surface area (Å²) in [6, 6.07) is 0.221. The Morgan fingerprint density at radius 1 is 1.20 bits per heavy atom. The lowest BCUT2D eigenvalue weighted by molar-refractivity contribution is -0.240. The SMILES string of the molecule is CC1(C)CCC(S[C@@H]2OC(CO)[C@H](O)C(O)C2O)CC1NCCOO. The lowest BCUT2D eigenvalue weighted by Gasteiger charge is -2.45. The molecule has 9 heteroatoms. The van der Waals surface area contributed by atoms with E-state index in [-0.39, 0.29) is 23.3 Å². The van der Waals surface area contributed by atoms with Crippen LogP contribution >= 0.6 is 11.8 Å². The molecule has 1 heterocycles. The van der Waals surface area contributed by atoms with Crippen molar-refractivity contribution in [2.45, 2.75) is 74.3 Å². The molecule has 5 unspecified atom stereocenters. The first-order chi connectivity index (χ1) is 11.8. The van der Waals surface area contributed by atoms with Crippen molar-refractivity contribution in [2.75, 3.05) is 19.8 Å². The molecule has 7 atom stereocenters. The van der Waals surface area contributed by atoms with Crippen molar-refractivity contribution in [3.8, 4) is 0 Å². The van der Waals surface area contributed by atoms with E-state index in [4.69, 9.17) is 9.99 Å². The van der Waals surface area contributed by atoms with Gasteiger partial charge in [0.2, 0.25) is 0 Å². The first-order valence-corrected chi connectivity index (χ1v) is 9.70. The molecule has 2 aliphatic rings. The molecule has 0 amide bonds. The summed E-state index contributed by atoms with van der Waals surface area (Å²) in [5.41, 5.74) is -0.592. The lowest BCUT2D eigenvalue weighted by Crippen LogP contribution is -2.58. The summed E-state index contributed by atoms with van der Waals surface area (Å²) in [7, 11) is 0. The van der Waals surface area contributed by atoms with Crippen molar-refractivity contribution < 1.29 is 35.3 Å². The number of nitrogens with one attached hydrogen (secondary N) is 1. The highest BCUT2D eigenvalue weighted by Gasteiger charge is 2.45. The third-order valence-corrected chi connectivity index (χ3v) is 6.78. The third-order valence-electron chi connectivity index (χ3n) is 5.31. The summed E-state index contributed by atoms with van der Waals surface area (Å²) in [5.74, 6) is 0. The number of aliphatic hydroxyl groups excluding tert-OH is 4. The van der Waals surface area contributed by atoms with Crippen molar-refractivity contribution in [2.24, 2.45) is 5.41 Å². The maximum Gasteiger partial charge on any atom is 0.132 e. The summed E-state index contributed by atoms with van der Waals surface area (Å²) in [6.07, 6.45) is -1.95. The first kappa shape index (κ1) is 21.3. The molecule has 0 aromatic rings. The molecule has 2 fully saturated rings. The molecular formula is C16H31NO7S. The number of rotatable bonds is 7. The molecule has 0 aromatic heterocycles. The van der Waals surface area contributed by atoms with Crippen LogP contribution in [0, 0.1) is 5.41 Å². The number of hydrogen-bond donors (Lipinski definition) is 6. The van der Waals surface area contributed by atoms with Gasteiger partial charge in [0.25, 0.3) is 0 Å². The van der Waals surface area contributed by atoms with Gasteiger partial charge in [0.15, 0.2) is 0 Å². The third kappa shape index (κ3) is 5.27. The molecular weight excluding hydrogens is 350 g/mol. The van der Waals surface area contributed by atoms with Crippen molar-refractivity contribution >= 4 is 11.8 Å². The van der Waals surface area contributed by atoms with Gasteiger partial charge in [-0.1, -0.05) is 13.8 Å². The van der Waals surface area contributed by atoms with E-state index in [0.717, 1.165) is 19.3 Å². The molecule has 0 radical (unpaired) electrons. The van der Waals surface area contributed by atoms with E-state index in [1.165, 1.54) is 11.8 Å². The van der Waals surface area contributed by atoms with E-state index in [2.05, 4.69) is 24.1 Å². The Balaban J connectivity index is 1.94. The number of aliphatic hydroxyl groups is 4. The van der Waals surface area contributed by atoms with Crippen LogP contribution in [0.5, 0.6) is 0 Å². The second kappa shape index (κ2) is 9.29. The maximum atomic E-state index is 10.2. The van der Waals surface area contributed by atoms with Crippen LogP contribution in [-0.4, -0.2) is 86.6 Å². The largest absolute Gasteiger partial charge is 0.394 e. The number of ether oxygens (including phenoxy) is 1. The zero-order valence-corrected chi connectivity index (χ0v) is 15.6. The molecule has 1 saturated heterocycles. The Morgan fingerprint density at radius 3 is 2.56 bits per heavy atom. The fourth-order valence-corrected chi connectivity index (χ4v) is 5.00. The second-order valence-corrected chi connectivity index (χ2v) is 8.96. The molecule has 0 bridgehead atoms. The molecule has 0 aromatic carbocycles. The van der Waals surface area contributed by atoms with Crippen LogP contribution in [0.4, 0.5) is 0 Å². The molecule has 8 nitrogen and oxygen atoms in total. The standard InChI is InChI=1S/C16H31NO7S/c1-16(2)4-3-9(7-11(16)17-5-6-23-22)25-15-14(21)13(20)12(19)10(8-18)24-15/h9-15,17-22H,3-8H2,1-2H3/t9?,10?,11?,12-,13?,14?,15-/m0/s1. The predicted octanol–water partition coefficient (Wildman–Crippen LogP) is -0.454. The van der Waals surface area contributed by atoms with Crippen LogP contribution in [0.15, 0.2) is 0 Å². The Morgan fingerprint density at radius 2 is 1.92 bits per heavy atom. The van der Waals surface area contributed by atoms with Crippen LogP contribution in [-0.2, 0) is 9.62 Å². The topological polar surface area (TPSA) is 132 Å². The molecule has 1 aliphatic carbocycles. The van der Waals surface area contributed by atoms with Gasteiger partial charge in [0.05, 0.1) is 13.2 Å². The zero-order chi connectivity index (χ0) is 18.6. The lowest BCUT2D eigenvalue weighted by atomic mass is 9.73. The van der Waals surface area contributed by atoms with E-state index in [0.29, 0.717) is 6.54 Å². The van der Waals surface area contributed by atoms with E-state index in [9.17, 15) is 20.4 Å². The zero-order valence-electron chi connectivity index (χ0n) is 14.7. The maximum absolute atomic E-state index is 10.2. The molecule has 6 N–H and O–H groups in total. The summed E-state index contributed by atoms with van der Waals surface area (Å²) >= 11 is 1.44. The molecule has 148 valence electrons. The molecule has 1 saturated carbocycles. The molecule has 0 spiro atoms. The van der Waals surface area contributed by atoms with E-state index < -0.39 is 36.5 Å².